The van der Waals surface area contributed by atoms with E-state index in [1.165, 1.54) is 0 Å². The Labute approximate surface area is 114 Å². The summed E-state index contributed by atoms with van der Waals surface area (Å²) in [5, 5.41) is 15.8. The molecule has 1 amide bonds. The Balaban J connectivity index is 2.61. The number of nitrogens with zero attached hydrogens (tertiary/aromatic N) is 1. The number of aromatic nitrogens is 1. The van der Waals surface area contributed by atoms with E-state index in [1.807, 2.05) is 6.92 Å². The molecule has 0 aromatic carbocycles. The third kappa shape index (κ3) is 4.35. The zero-order chi connectivity index (χ0) is 14.3. The minimum atomic E-state index is -0.130. The zero-order valence-electron chi connectivity index (χ0n) is 12.0. The van der Waals surface area contributed by atoms with Gasteiger partial charge in [-0.05, 0) is 32.1 Å². The molecule has 1 atom stereocenters. The molecule has 0 radical (unpaired) electrons. The quantitative estimate of drug-likeness (QED) is 0.757. The standard InChI is InChI=1S/C14H24N2O3/c1-4-6-11(7-8-17)9-15-14(18)13-10(3)19-16-12(13)5-2/h11,17H,4-9H2,1-3H3,(H,15,18). The van der Waals surface area contributed by atoms with Crippen molar-refractivity contribution in [2.75, 3.05) is 13.2 Å². The Morgan fingerprint density at radius 1 is 1.42 bits per heavy atom. The molecule has 0 fully saturated rings. The predicted molar refractivity (Wildman–Crippen MR) is 73.1 cm³/mol. The summed E-state index contributed by atoms with van der Waals surface area (Å²) < 4.78 is 5.06. The van der Waals surface area contributed by atoms with Crippen LogP contribution in [-0.2, 0) is 6.42 Å². The number of hydrogen-bond acceptors (Lipinski definition) is 4. The van der Waals surface area contributed by atoms with Gasteiger partial charge in [-0.15, -0.1) is 0 Å². The molecule has 0 aliphatic carbocycles. The smallest absolute Gasteiger partial charge is 0.256 e. The topological polar surface area (TPSA) is 75.4 Å². The molecule has 0 saturated heterocycles. The molecule has 1 unspecified atom stereocenters. The third-order valence-corrected chi connectivity index (χ3v) is 3.28. The average Bonchev–Trinajstić information content (AvgIpc) is 2.77. The van der Waals surface area contributed by atoms with E-state index >= 15 is 0 Å². The molecule has 5 nitrogen and oxygen atoms in total. The summed E-state index contributed by atoms with van der Waals surface area (Å²) in [6, 6.07) is 0. The van der Waals surface area contributed by atoms with Crippen LogP contribution in [0.5, 0.6) is 0 Å². The lowest BCUT2D eigenvalue weighted by Crippen LogP contribution is -2.30. The number of aliphatic hydroxyl groups is 1. The summed E-state index contributed by atoms with van der Waals surface area (Å²) in [7, 11) is 0. The Hall–Kier alpha value is -1.36. The van der Waals surface area contributed by atoms with E-state index in [1.54, 1.807) is 6.92 Å². The number of nitrogens with one attached hydrogen (secondary N) is 1. The zero-order valence-corrected chi connectivity index (χ0v) is 12.0. The Bertz CT molecular complexity index is 395. The van der Waals surface area contributed by atoms with Gasteiger partial charge in [0, 0.05) is 13.2 Å². The number of rotatable bonds is 8. The highest BCUT2D eigenvalue weighted by atomic mass is 16.5. The van der Waals surface area contributed by atoms with Crippen molar-refractivity contribution in [2.45, 2.75) is 46.5 Å². The molecular weight excluding hydrogens is 244 g/mol. The van der Waals surface area contributed by atoms with Crippen LogP contribution in [0.3, 0.4) is 0 Å². The second kappa shape index (κ2) is 7.94. The van der Waals surface area contributed by atoms with Crippen molar-refractivity contribution in [3.63, 3.8) is 0 Å². The lowest BCUT2D eigenvalue weighted by atomic mass is 10.00. The number of hydrogen-bond donors (Lipinski definition) is 2. The second-order valence-electron chi connectivity index (χ2n) is 4.79. The molecule has 108 valence electrons. The highest BCUT2D eigenvalue weighted by molar-refractivity contribution is 5.96. The maximum absolute atomic E-state index is 12.1. The molecule has 19 heavy (non-hydrogen) atoms. The van der Waals surface area contributed by atoms with Crippen molar-refractivity contribution in [1.29, 1.82) is 0 Å². The lowest BCUT2D eigenvalue weighted by molar-refractivity contribution is 0.0940. The summed E-state index contributed by atoms with van der Waals surface area (Å²) in [6.45, 7) is 6.54. The lowest BCUT2D eigenvalue weighted by Gasteiger charge is -2.15. The van der Waals surface area contributed by atoms with Gasteiger partial charge in [-0.25, -0.2) is 0 Å². The molecule has 1 aromatic heterocycles. The van der Waals surface area contributed by atoms with Crippen LogP contribution in [0.1, 0.15) is 54.9 Å². The normalized spacial score (nSPS) is 12.4. The van der Waals surface area contributed by atoms with Gasteiger partial charge in [-0.3, -0.25) is 4.79 Å². The molecule has 0 spiro atoms. The van der Waals surface area contributed by atoms with Crippen molar-refractivity contribution >= 4 is 5.91 Å². The van der Waals surface area contributed by atoms with Crippen LogP contribution < -0.4 is 5.32 Å². The van der Waals surface area contributed by atoms with E-state index in [0.29, 0.717) is 35.9 Å². The molecule has 1 aromatic rings. The fraction of sp³-hybridized carbons (Fsp3) is 0.714. The Kier molecular flexibility index (Phi) is 6.56. The molecule has 0 saturated carbocycles. The number of aryl methyl sites for hydroxylation is 2. The molecule has 0 aliphatic heterocycles. The van der Waals surface area contributed by atoms with Crippen molar-refractivity contribution < 1.29 is 14.4 Å². The van der Waals surface area contributed by atoms with E-state index < -0.39 is 0 Å². The molecule has 1 heterocycles. The highest BCUT2D eigenvalue weighted by Crippen LogP contribution is 2.15. The predicted octanol–water partition coefficient (Wildman–Crippen LogP) is 2.07. The van der Waals surface area contributed by atoms with Crippen molar-refractivity contribution in [2.24, 2.45) is 5.92 Å². The largest absolute Gasteiger partial charge is 0.396 e. The Morgan fingerprint density at radius 2 is 2.16 bits per heavy atom. The molecule has 5 heteroatoms. The maximum atomic E-state index is 12.1. The highest BCUT2D eigenvalue weighted by Gasteiger charge is 2.19. The van der Waals surface area contributed by atoms with Crippen LogP contribution in [0.25, 0.3) is 0 Å². The number of carbonyl (C=O) groups excluding carboxylic acids is 1. The SMILES string of the molecule is CCCC(CCO)CNC(=O)c1c(CC)noc1C. The van der Waals surface area contributed by atoms with Gasteiger partial charge in [0.15, 0.2) is 0 Å². The monoisotopic (exact) mass is 268 g/mol. The van der Waals surface area contributed by atoms with Crippen LogP contribution in [0, 0.1) is 12.8 Å². The van der Waals surface area contributed by atoms with Crippen LogP contribution in [0.15, 0.2) is 4.52 Å². The van der Waals surface area contributed by atoms with Crippen LogP contribution in [-0.4, -0.2) is 29.3 Å². The van der Waals surface area contributed by atoms with Gasteiger partial charge < -0.3 is 14.9 Å². The van der Waals surface area contributed by atoms with E-state index in [9.17, 15) is 4.79 Å². The first-order chi connectivity index (χ1) is 9.13. The number of amides is 1. The van der Waals surface area contributed by atoms with Crippen molar-refractivity contribution in [1.82, 2.24) is 10.5 Å². The third-order valence-electron chi connectivity index (χ3n) is 3.28. The molecule has 0 bridgehead atoms. The van der Waals surface area contributed by atoms with Gasteiger partial charge in [0.25, 0.3) is 5.91 Å². The average molecular weight is 268 g/mol. The van der Waals surface area contributed by atoms with Crippen molar-refractivity contribution in [3.8, 4) is 0 Å². The van der Waals surface area contributed by atoms with Crippen LogP contribution >= 0.6 is 0 Å². The molecule has 1 rings (SSSR count). The van der Waals surface area contributed by atoms with E-state index in [-0.39, 0.29) is 12.5 Å². The maximum Gasteiger partial charge on any atom is 0.256 e. The van der Waals surface area contributed by atoms with Crippen molar-refractivity contribution in [3.05, 3.63) is 17.0 Å². The fourth-order valence-corrected chi connectivity index (χ4v) is 2.22. The first kappa shape index (κ1) is 15.7. The molecular formula is C14H24N2O3. The van der Waals surface area contributed by atoms with E-state index in [2.05, 4.69) is 17.4 Å². The minimum Gasteiger partial charge on any atom is -0.396 e. The summed E-state index contributed by atoms with van der Waals surface area (Å²) in [5.41, 5.74) is 1.26. The number of aliphatic hydroxyl groups excluding tert-OH is 1. The first-order valence-electron chi connectivity index (χ1n) is 6.98. The summed E-state index contributed by atoms with van der Waals surface area (Å²) in [6.07, 6.45) is 3.45. The van der Waals surface area contributed by atoms with Crippen LogP contribution in [0.2, 0.25) is 0 Å². The molecule has 2 N–H and O–H groups in total. The summed E-state index contributed by atoms with van der Waals surface area (Å²) in [4.78, 5) is 12.1. The van der Waals surface area contributed by atoms with Gasteiger partial charge in [-0.2, -0.15) is 0 Å². The van der Waals surface area contributed by atoms with Gasteiger partial charge >= 0.3 is 0 Å². The summed E-state index contributed by atoms with van der Waals surface area (Å²) in [5.74, 6) is 0.752. The first-order valence-corrected chi connectivity index (χ1v) is 6.98. The number of carbonyl (C=O) groups is 1. The minimum absolute atomic E-state index is 0.130. The van der Waals surface area contributed by atoms with E-state index in [4.69, 9.17) is 9.63 Å². The van der Waals surface area contributed by atoms with E-state index in [0.717, 1.165) is 19.3 Å². The van der Waals surface area contributed by atoms with Gasteiger partial charge in [-0.1, -0.05) is 25.4 Å². The van der Waals surface area contributed by atoms with Crippen LogP contribution in [0.4, 0.5) is 0 Å². The molecule has 0 aliphatic rings. The van der Waals surface area contributed by atoms with Gasteiger partial charge in [0.2, 0.25) is 0 Å². The fourth-order valence-electron chi connectivity index (χ4n) is 2.22. The van der Waals surface area contributed by atoms with Gasteiger partial charge in [0.1, 0.15) is 11.3 Å². The second-order valence-corrected chi connectivity index (χ2v) is 4.79. The summed E-state index contributed by atoms with van der Waals surface area (Å²) >= 11 is 0. The van der Waals surface area contributed by atoms with Gasteiger partial charge in [0.05, 0.1) is 5.69 Å². The Morgan fingerprint density at radius 3 is 2.74 bits per heavy atom.